The molecule has 1 unspecified atom stereocenters. The second kappa shape index (κ2) is 6.76. The first kappa shape index (κ1) is 16.0. The SMILES string of the molecule is CC(C)c1cc(C2CCCN2Cc2nc(-c3cccnc3)no2)no1. The molecule has 1 fully saturated rings. The number of likely N-dealkylation sites (tertiary alicyclic amines) is 1. The maximum absolute atomic E-state index is 5.46. The van der Waals surface area contributed by atoms with Gasteiger partial charge in [0.05, 0.1) is 12.6 Å². The van der Waals surface area contributed by atoms with E-state index in [9.17, 15) is 0 Å². The summed E-state index contributed by atoms with van der Waals surface area (Å²) in [5.41, 5.74) is 1.85. The van der Waals surface area contributed by atoms with Crippen LogP contribution < -0.4 is 0 Å². The van der Waals surface area contributed by atoms with Crippen molar-refractivity contribution < 1.29 is 9.05 Å². The lowest BCUT2D eigenvalue weighted by atomic mass is 10.1. The van der Waals surface area contributed by atoms with Gasteiger partial charge in [0.2, 0.25) is 11.7 Å². The van der Waals surface area contributed by atoms with Gasteiger partial charge in [-0.25, -0.2) is 0 Å². The molecule has 0 N–H and O–H groups in total. The number of rotatable bonds is 5. The highest BCUT2D eigenvalue weighted by atomic mass is 16.5. The van der Waals surface area contributed by atoms with Crippen molar-refractivity contribution in [2.24, 2.45) is 0 Å². The summed E-state index contributed by atoms with van der Waals surface area (Å²) in [6, 6.07) is 6.09. The van der Waals surface area contributed by atoms with Crippen LogP contribution in [0.3, 0.4) is 0 Å². The highest BCUT2D eigenvalue weighted by molar-refractivity contribution is 5.51. The van der Waals surface area contributed by atoms with Crippen LogP contribution in [0.4, 0.5) is 0 Å². The van der Waals surface area contributed by atoms with E-state index < -0.39 is 0 Å². The van der Waals surface area contributed by atoms with Crippen molar-refractivity contribution in [3.8, 4) is 11.4 Å². The van der Waals surface area contributed by atoms with E-state index >= 15 is 0 Å². The Labute approximate surface area is 146 Å². The molecule has 7 heteroatoms. The summed E-state index contributed by atoms with van der Waals surface area (Å²) >= 11 is 0. The van der Waals surface area contributed by atoms with E-state index in [1.54, 1.807) is 12.4 Å². The van der Waals surface area contributed by atoms with E-state index in [1.807, 2.05) is 12.1 Å². The van der Waals surface area contributed by atoms with E-state index in [2.05, 4.69) is 45.1 Å². The average Bonchev–Trinajstić information content (AvgIpc) is 3.36. The Bertz CT molecular complexity index is 827. The van der Waals surface area contributed by atoms with Gasteiger partial charge in [-0.2, -0.15) is 4.98 Å². The second-order valence-electron chi connectivity index (χ2n) is 6.69. The van der Waals surface area contributed by atoms with Crippen molar-refractivity contribution in [1.29, 1.82) is 0 Å². The monoisotopic (exact) mass is 339 g/mol. The first-order valence-corrected chi connectivity index (χ1v) is 8.64. The van der Waals surface area contributed by atoms with Crippen molar-refractivity contribution in [2.45, 2.75) is 45.2 Å². The molecule has 1 aliphatic rings. The van der Waals surface area contributed by atoms with Crippen molar-refractivity contribution >= 4 is 0 Å². The fraction of sp³-hybridized carbons (Fsp3) is 0.444. The number of aromatic nitrogens is 4. The molecule has 1 aliphatic heterocycles. The van der Waals surface area contributed by atoms with Crippen LogP contribution in [0, 0.1) is 0 Å². The van der Waals surface area contributed by atoms with Crippen molar-refractivity contribution in [3.05, 3.63) is 47.9 Å². The number of pyridine rings is 1. The van der Waals surface area contributed by atoms with Gasteiger partial charge in [0, 0.05) is 29.9 Å². The lowest BCUT2D eigenvalue weighted by Gasteiger charge is -2.20. The molecular weight excluding hydrogens is 318 g/mol. The zero-order chi connectivity index (χ0) is 17.2. The molecule has 0 spiro atoms. The van der Waals surface area contributed by atoms with Gasteiger partial charge in [-0.1, -0.05) is 24.2 Å². The molecule has 0 aromatic carbocycles. The normalized spacial score (nSPS) is 18.3. The van der Waals surface area contributed by atoms with Crippen LogP contribution in [0.5, 0.6) is 0 Å². The van der Waals surface area contributed by atoms with Gasteiger partial charge in [-0.15, -0.1) is 0 Å². The molecule has 3 aromatic heterocycles. The summed E-state index contributed by atoms with van der Waals surface area (Å²) in [5.74, 6) is 2.45. The van der Waals surface area contributed by atoms with Crippen LogP contribution in [0.15, 0.2) is 39.6 Å². The zero-order valence-electron chi connectivity index (χ0n) is 14.4. The van der Waals surface area contributed by atoms with Gasteiger partial charge in [0.15, 0.2) is 0 Å². The molecule has 0 amide bonds. The van der Waals surface area contributed by atoms with Gasteiger partial charge in [-0.3, -0.25) is 9.88 Å². The molecule has 130 valence electrons. The molecule has 0 bridgehead atoms. The third-order valence-electron chi connectivity index (χ3n) is 4.55. The summed E-state index contributed by atoms with van der Waals surface area (Å²) in [4.78, 5) is 10.9. The number of nitrogens with zero attached hydrogens (tertiary/aromatic N) is 5. The van der Waals surface area contributed by atoms with Gasteiger partial charge in [-0.05, 0) is 31.5 Å². The van der Waals surface area contributed by atoms with Crippen LogP contribution in [-0.2, 0) is 6.54 Å². The Morgan fingerprint density at radius 1 is 1.28 bits per heavy atom. The van der Waals surface area contributed by atoms with Gasteiger partial charge in [0.1, 0.15) is 11.5 Å². The molecule has 0 saturated carbocycles. The first-order chi connectivity index (χ1) is 12.2. The summed E-state index contributed by atoms with van der Waals surface area (Å²) in [6.07, 6.45) is 5.64. The fourth-order valence-corrected chi connectivity index (χ4v) is 3.19. The molecule has 1 atom stereocenters. The minimum Gasteiger partial charge on any atom is -0.361 e. The predicted octanol–water partition coefficient (Wildman–Crippen LogP) is 3.58. The van der Waals surface area contributed by atoms with Gasteiger partial charge in [0.25, 0.3) is 0 Å². The zero-order valence-corrected chi connectivity index (χ0v) is 14.4. The molecule has 3 aromatic rings. The fourth-order valence-electron chi connectivity index (χ4n) is 3.19. The highest BCUT2D eigenvalue weighted by Crippen LogP contribution is 2.33. The third kappa shape index (κ3) is 3.32. The maximum Gasteiger partial charge on any atom is 0.241 e. The lowest BCUT2D eigenvalue weighted by Crippen LogP contribution is -2.23. The number of hydrogen-bond acceptors (Lipinski definition) is 7. The topological polar surface area (TPSA) is 81.1 Å². The van der Waals surface area contributed by atoms with Crippen molar-refractivity contribution in [3.63, 3.8) is 0 Å². The van der Waals surface area contributed by atoms with Crippen LogP contribution in [0.1, 0.15) is 56.0 Å². The van der Waals surface area contributed by atoms with Crippen LogP contribution in [0.25, 0.3) is 11.4 Å². The van der Waals surface area contributed by atoms with E-state index in [-0.39, 0.29) is 6.04 Å². The standard InChI is InChI=1S/C18H21N5O2/c1-12(2)16-9-14(21-24-16)15-6-4-8-23(15)11-17-20-18(22-25-17)13-5-3-7-19-10-13/h3,5,7,9-10,12,15H,4,6,8,11H2,1-2H3. The molecular formula is C18H21N5O2. The maximum atomic E-state index is 5.46. The van der Waals surface area contributed by atoms with Crippen LogP contribution >= 0.6 is 0 Å². The minimum absolute atomic E-state index is 0.241. The Kier molecular flexibility index (Phi) is 4.31. The summed E-state index contributed by atoms with van der Waals surface area (Å²) < 4.78 is 10.9. The van der Waals surface area contributed by atoms with Gasteiger partial charge < -0.3 is 9.05 Å². The minimum atomic E-state index is 0.241. The van der Waals surface area contributed by atoms with E-state index in [4.69, 9.17) is 9.05 Å². The molecule has 25 heavy (non-hydrogen) atoms. The molecule has 7 nitrogen and oxygen atoms in total. The third-order valence-corrected chi connectivity index (χ3v) is 4.55. The van der Waals surface area contributed by atoms with Gasteiger partial charge >= 0.3 is 0 Å². The Hall–Kier alpha value is -2.54. The van der Waals surface area contributed by atoms with E-state index in [0.717, 1.165) is 36.4 Å². The Balaban J connectivity index is 1.49. The largest absolute Gasteiger partial charge is 0.361 e. The summed E-state index contributed by atoms with van der Waals surface area (Å²) in [6.45, 7) is 5.81. The average molecular weight is 339 g/mol. The number of hydrogen-bond donors (Lipinski definition) is 0. The van der Waals surface area contributed by atoms with E-state index in [1.165, 1.54) is 0 Å². The molecule has 0 radical (unpaired) electrons. The first-order valence-electron chi connectivity index (χ1n) is 8.64. The van der Waals surface area contributed by atoms with Crippen LogP contribution in [0.2, 0.25) is 0 Å². The predicted molar refractivity (Wildman–Crippen MR) is 90.5 cm³/mol. The Morgan fingerprint density at radius 2 is 2.20 bits per heavy atom. The summed E-state index contributed by atoms with van der Waals surface area (Å²) in [5, 5.41) is 8.34. The highest BCUT2D eigenvalue weighted by Gasteiger charge is 2.30. The molecule has 4 heterocycles. The molecule has 1 saturated heterocycles. The van der Waals surface area contributed by atoms with Crippen molar-refractivity contribution in [2.75, 3.05) is 6.54 Å². The lowest BCUT2D eigenvalue weighted by molar-refractivity contribution is 0.204. The Morgan fingerprint density at radius 3 is 2.96 bits per heavy atom. The quantitative estimate of drug-likeness (QED) is 0.702. The second-order valence-corrected chi connectivity index (χ2v) is 6.69. The summed E-state index contributed by atoms with van der Waals surface area (Å²) in [7, 11) is 0. The van der Waals surface area contributed by atoms with E-state index in [0.29, 0.717) is 24.2 Å². The van der Waals surface area contributed by atoms with Crippen molar-refractivity contribution in [1.82, 2.24) is 25.2 Å². The van der Waals surface area contributed by atoms with Crippen LogP contribution in [-0.4, -0.2) is 31.7 Å². The molecule has 4 rings (SSSR count). The smallest absolute Gasteiger partial charge is 0.241 e. The molecule has 0 aliphatic carbocycles.